The molecule has 0 aliphatic rings. The third kappa shape index (κ3) is 3.28. The average Bonchev–Trinajstić information content (AvgIpc) is 2.01. The zero-order valence-corrected chi connectivity index (χ0v) is 8.13. The number of benzene rings is 1. The fraction of sp³-hybridized carbons (Fsp3) is 0.364. The van der Waals surface area contributed by atoms with Crippen molar-refractivity contribution in [2.45, 2.75) is 26.4 Å². The van der Waals surface area contributed by atoms with Crippen LogP contribution in [0.1, 0.15) is 32.5 Å². The van der Waals surface area contributed by atoms with Gasteiger partial charge in [0, 0.05) is 0 Å². The lowest BCUT2D eigenvalue weighted by atomic mass is 10.2. The van der Waals surface area contributed by atoms with Gasteiger partial charge >= 0.3 is 5.97 Å². The van der Waals surface area contributed by atoms with Crippen molar-refractivity contribution in [2.24, 2.45) is 0 Å². The number of carbonyl (C=O) groups excluding carboxylic acids is 1. The molecular formula is C11H14O2. The first-order valence-corrected chi connectivity index (χ1v) is 4.18. The normalized spacial score (nSPS) is 12.1. The summed E-state index contributed by atoms with van der Waals surface area (Å²) in [4.78, 5) is 11.5. The Morgan fingerprint density at radius 1 is 1.38 bits per heavy atom. The van der Waals surface area contributed by atoms with E-state index < -0.39 is 5.60 Å². The first-order chi connectivity index (χ1) is 6.38. The van der Waals surface area contributed by atoms with Gasteiger partial charge in [0.05, 0.1) is 6.93 Å². The van der Waals surface area contributed by atoms with E-state index in [4.69, 9.17) is 6.11 Å². The Kier molecular flexibility index (Phi) is 2.30. The molecule has 0 bridgehead atoms. The highest BCUT2D eigenvalue weighted by Gasteiger charge is 2.16. The summed E-state index contributed by atoms with van der Waals surface area (Å²) < 4.78 is 12.5. The lowest BCUT2D eigenvalue weighted by Gasteiger charge is -2.19. The summed E-state index contributed by atoms with van der Waals surface area (Å²) in [6.45, 7) is 5.44. The standard InChI is InChI=1S/C11H14O2/c1-11(2,3)13-10(12)9-7-5-4-6-8-9/h4-8H,1-3H3/i5D. The molecule has 0 saturated carbocycles. The molecule has 1 aromatic carbocycles. The molecule has 13 heavy (non-hydrogen) atoms. The Labute approximate surface area is 79.9 Å². The van der Waals surface area contributed by atoms with Crippen LogP contribution in [0.15, 0.2) is 30.3 Å². The van der Waals surface area contributed by atoms with E-state index in [1.54, 1.807) is 18.2 Å². The summed E-state index contributed by atoms with van der Waals surface area (Å²) in [5.41, 5.74) is -0.0674. The number of hydrogen-bond donors (Lipinski definition) is 0. The molecule has 1 aromatic rings. The first-order valence-electron chi connectivity index (χ1n) is 4.68. The molecule has 70 valence electrons. The molecule has 0 aliphatic carbocycles. The molecule has 0 aromatic heterocycles. The third-order valence-electron chi connectivity index (χ3n) is 1.34. The summed E-state index contributed by atoms with van der Waals surface area (Å²) in [5, 5.41) is 0. The molecule has 0 aliphatic heterocycles. The van der Waals surface area contributed by atoms with Gasteiger partial charge in [0.2, 0.25) is 0 Å². The molecule has 0 radical (unpaired) electrons. The van der Waals surface area contributed by atoms with Crippen LogP contribution in [-0.4, -0.2) is 11.6 Å². The number of carbonyl (C=O) groups is 1. The van der Waals surface area contributed by atoms with Crippen LogP contribution in [0.5, 0.6) is 0 Å². The minimum Gasteiger partial charge on any atom is -0.456 e. The van der Waals surface area contributed by atoms with Crippen LogP contribution in [0.2, 0.25) is 0 Å². The molecule has 2 heteroatoms. The maximum absolute atomic E-state index is 11.5. The monoisotopic (exact) mass is 179 g/mol. The maximum atomic E-state index is 11.5. The quantitative estimate of drug-likeness (QED) is 0.619. The van der Waals surface area contributed by atoms with Gasteiger partial charge in [-0.05, 0) is 32.9 Å². The molecule has 0 N–H and O–H groups in total. The molecule has 2 nitrogen and oxygen atoms in total. The molecule has 0 heterocycles. The zero-order valence-electron chi connectivity index (χ0n) is 9.13. The smallest absolute Gasteiger partial charge is 0.338 e. The second-order valence-electron chi connectivity index (χ2n) is 3.79. The molecule has 0 amide bonds. The Morgan fingerprint density at radius 2 is 2.08 bits per heavy atom. The van der Waals surface area contributed by atoms with Crippen molar-refractivity contribution in [3.8, 4) is 0 Å². The molecule has 0 spiro atoms. The van der Waals surface area contributed by atoms with E-state index in [2.05, 4.69) is 0 Å². The topological polar surface area (TPSA) is 26.3 Å². The number of hydrogen-bond acceptors (Lipinski definition) is 2. The predicted molar refractivity (Wildman–Crippen MR) is 51.6 cm³/mol. The second kappa shape index (κ2) is 3.60. The summed E-state index contributed by atoms with van der Waals surface area (Å²) in [6, 6.07) is 6.74. The van der Waals surface area contributed by atoms with Crippen molar-refractivity contribution >= 4 is 5.97 Å². The predicted octanol–water partition coefficient (Wildman–Crippen LogP) is 2.64. The van der Waals surface area contributed by atoms with E-state index in [-0.39, 0.29) is 5.97 Å². The van der Waals surface area contributed by atoms with Crippen LogP contribution >= 0.6 is 0 Å². The van der Waals surface area contributed by atoms with E-state index >= 15 is 0 Å². The Balaban J connectivity index is 2.80. The van der Waals surface area contributed by atoms with Gasteiger partial charge in [-0.25, -0.2) is 4.79 Å². The number of ether oxygens (including phenoxy) is 1. The molecular weight excluding hydrogens is 164 g/mol. The highest BCUT2D eigenvalue weighted by atomic mass is 16.6. The summed E-state index contributed by atoms with van der Waals surface area (Å²) in [5.74, 6) is -0.383. The van der Waals surface area contributed by atoms with Crippen LogP contribution in [-0.2, 0) is 4.74 Å². The van der Waals surface area contributed by atoms with Crippen molar-refractivity contribution in [1.82, 2.24) is 0 Å². The van der Waals surface area contributed by atoms with Crippen molar-refractivity contribution in [3.63, 3.8) is 0 Å². The van der Waals surface area contributed by atoms with Crippen molar-refractivity contribution < 1.29 is 10.9 Å². The summed E-state index contributed by atoms with van der Waals surface area (Å²) >= 11 is 0. The third-order valence-corrected chi connectivity index (χ3v) is 1.34. The molecule has 1 rings (SSSR count). The summed E-state index contributed by atoms with van der Waals surface area (Å²) in [7, 11) is 0. The van der Waals surface area contributed by atoms with Gasteiger partial charge in [-0.3, -0.25) is 0 Å². The molecule has 0 unspecified atom stereocenters. The van der Waals surface area contributed by atoms with Crippen molar-refractivity contribution in [2.75, 3.05) is 0 Å². The maximum Gasteiger partial charge on any atom is 0.338 e. The van der Waals surface area contributed by atoms with Crippen LogP contribution < -0.4 is 0 Å². The van der Waals surface area contributed by atoms with E-state index in [0.717, 1.165) is 0 Å². The first kappa shape index (κ1) is 8.30. The Bertz CT molecular complexity index is 339. The van der Waals surface area contributed by atoms with Gasteiger partial charge in [-0.15, -0.1) is 0 Å². The molecule has 0 saturated heterocycles. The highest BCUT2D eigenvalue weighted by Crippen LogP contribution is 2.11. The lowest BCUT2D eigenvalue weighted by Crippen LogP contribution is -2.23. The largest absolute Gasteiger partial charge is 0.456 e. The average molecular weight is 179 g/mol. The van der Waals surface area contributed by atoms with Gasteiger partial charge in [0.25, 0.3) is 0 Å². The Morgan fingerprint density at radius 3 is 2.62 bits per heavy atom. The minimum absolute atomic E-state index is 0.313. The SMILES string of the molecule is [2H]c1cccc(C(=O)OC(C)(C)C)c1. The summed E-state index contributed by atoms with van der Waals surface area (Å²) in [6.07, 6.45) is 0. The van der Waals surface area contributed by atoms with Crippen molar-refractivity contribution in [3.05, 3.63) is 35.9 Å². The van der Waals surface area contributed by atoms with E-state index in [1.165, 1.54) is 6.07 Å². The minimum atomic E-state index is -0.491. The van der Waals surface area contributed by atoms with Gasteiger partial charge < -0.3 is 4.74 Å². The van der Waals surface area contributed by atoms with Crippen LogP contribution in [0.25, 0.3) is 0 Å². The fourth-order valence-electron chi connectivity index (χ4n) is 0.857. The number of rotatable bonds is 1. The van der Waals surface area contributed by atoms with Crippen LogP contribution in [0.3, 0.4) is 0 Å². The van der Waals surface area contributed by atoms with Crippen LogP contribution in [0.4, 0.5) is 0 Å². The zero-order chi connectivity index (χ0) is 10.8. The molecule has 0 atom stereocenters. The fourth-order valence-corrected chi connectivity index (χ4v) is 0.857. The van der Waals surface area contributed by atoms with Gasteiger partial charge in [-0.1, -0.05) is 18.2 Å². The van der Waals surface area contributed by atoms with Crippen LogP contribution in [0, 0.1) is 0 Å². The highest BCUT2D eigenvalue weighted by molar-refractivity contribution is 5.89. The van der Waals surface area contributed by atoms with E-state index in [0.29, 0.717) is 11.6 Å². The number of esters is 1. The molecule has 0 fully saturated rings. The van der Waals surface area contributed by atoms with Gasteiger partial charge in [-0.2, -0.15) is 0 Å². The van der Waals surface area contributed by atoms with E-state index in [1.807, 2.05) is 20.8 Å². The van der Waals surface area contributed by atoms with Gasteiger partial charge in [0.15, 0.2) is 0 Å². The Hall–Kier alpha value is -1.31. The van der Waals surface area contributed by atoms with Gasteiger partial charge in [0.1, 0.15) is 5.60 Å². The lowest BCUT2D eigenvalue weighted by molar-refractivity contribution is 0.00696. The second-order valence-corrected chi connectivity index (χ2v) is 3.79. The van der Waals surface area contributed by atoms with E-state index in [9.17, 15) is 4.79 Å². The van der Waals surface area contributed by atoms with Crippen molar-refractivity contribution in [1.29, 1.82) is 0 Å².